The summed E-state index contributed by atoms with van der Waals surface area (Å²) in [7, 11) is 1.86. The molecule has 1 heterocycles. The lowest BCUT2D eigenvalue weighted by atomic mass is 10.0. The molecule has 1 atom stereocenters. The van der Waals surface area contributed by atoms with Gasteiger partial charge in [-0.25, -0.2) is 0 Å². The van der Waals surface area contributed by atoms with E-state index in [1.165, 1.54) is 12.1 Å². The molecule has 0 amide bonds. The number of nitro groups is 1. The van der Waals surface area contributed by atoms with Crippen LogP contribution in [0.15, 0.2) is 54.6 Å². The average Bonchev–Trinajstić information content (AvgIpc) is 2.58. The van der Waals surface area contributed by atoms with Crippen molar-refractivity contribution in [3.8, 4) is 0 Å². The van der Waals surface area contributed by atoms with Crippen molar-refractivity contribution < 1.29 is 10.0 Å². The van der Waals surface area contributed by atoms with Crippen molar-refractivity contribution in [2.75, 3.05) is 25.0 Å². The molecule has 23 heavy (non-hydrogen) atoms. The van der Waals surface area contributed by atoms with Crippen molar-refractivity contribution in [3.63, 3.8) is 0 Å². The number of para-hydroxylation sites is 1. The monoisotopic (exact) mass is 313 g/mol. The van der Waals surface area contributed by atoms with E-state index in [0.717, 1.165) is 18.7 Å². The highest BCUT2D eigenvalue weighted by atomic mass is 16.6. The number of anilines is 1. The van der Waals surface area contributed by atoms with E-state index in [4.69, 9.17) is 0 Å². The zero-order valence-electron chi connectivity index (χ0n) is 12.9. The first-order valence-corrected chi connectivity index (χ1v) is 7.54. The van der Waals surface area contributed by atoms with Gasteiger partial charge in [-0.1, -0.05) is 18.2 Å². The van der Waals surface area contributed by atoms with Gasteiger partial charge in [0.15, 0.2) is 0 Å². The number of rotatable bonds is 3. The molecule has 1 aliphatic heterocycles. The van der Waals surface area contributed by atoms with E-state index in [1.54, 1.807) is 12.1 Å². The third kappa shape index (κ3) is 2.67. The van der Waals surface area contributed by atoms with E-state index in [9.17, 15) is 15.2 Å². The summed E-state index contributed by atoms with van der Waals surface area (Å²) in [5.74, 6) is -1.32. The van der Waals surface area contributed by atoms with Gasteiger partial charge in [0.05, 0.1) is 4.92 Å². The van der Waals surface area contributed by atoms with E-state index in [2.05, 4.69) is 0 Å². The van der Waals surface area contributed by atoms with Crippen molar-refractivity contribution in [1.82, 2.24) is 4.90 Å². The highest BCUT2D eigenvalue weighted by molar-refractivity contribution is 5.51. The molecule has 1 aliphatic rings. The summed E-state index contributed by atoms with van der Waals surface area (Å²) in [4.78, 5) is 14.2. The van der Waals surface area contributed by atoms with Crippen LogP contribution in [0.5, 0.6) is 0 Å². The maximum absolute atomic E-state index is 11.4. The molecule has 0 aliphatic carbocycles. The highest BCUT2D eigenvalue weighted by Crippen LogP contribution is 2.36. The quantitative estimate of drug-likeness (QED) is 0.696. The van der Waals surface area contributed by atoms with E-state index >= 15 is 0 Å². The van der Waals surface area contributed by atoms with E-state index in [1.807, 2.05) is 47.2 Å². The second kappa shape index (κ2) is 5.98. The van der Waals surface area contributed by atoms with E-state index < -0.39 is 10.8 Å². The summed E-state index contributed by atoms with van der Waals surface area (Å²) >= 11 is 0. The van der Waals surface area contributed by atoms with Crippen LogP contribution in [0.25, 0.3) is 0 Å². The van der Waals surface area contributed by atoms with Crippen molar-refractivity contribution in [2.24, 2.45) is 0 Å². The minimum Gasteiger partial charge on any atom is -0.355 e. The van der Waals surface area contributed by atoms with E-state index in [0.29, 0.717) is 12.1 Å². The zero-order chi connectivity index (χ0) is 16.4. The number of benzene rings is 2. The van der Waals surface area contributed by atoms with Gasteiger partial charge in [-0.3, -0.25) is 15.0 Å². The van der Waals surface area contributed by atoms with Crippen LogP contribution in [0, 0.1) is 10.1 Å². The van der Waals surface area contributed by atoms with Crippen molar-refractivity contribution in [3.05, 3.63) is 70.3 Å². The maximum Gasteiger partial charge on any atom is 0.269 e. The van der Waals surface area contributed by atoms with Crippen LogP contribution in [0.4, 0.5) is 11.4 Å². The minimum absolute atomic E-state index is 0.0158. The molecule has 120 valence electrons. The molecule has 6 heteroatoms. The Bertz CT molecular complexity index is 690. The van der Waals surface area contributed by atoms with Gasteiger partial charge in [-0.15, -0.1) is 0 Å². The Hall–Kier alpha value is -2.44. The number of hydrogen-bond donors (Lipinski definition) is 1. The van der Waals surface area contributed by atoms with Crippen molar-refractivity contribution >= 4 is 11.4 Å². The summed E-state index contributed by atoms with van der Waals surface area (Å²) in [6.45, 7) is 1.46. The van der Waals surface area contributed by atoms with Crippen LogP contribution in [0.2, 0.25) is 0 Å². The molecule has 1 unspecified atom stereocenters. The molecule has 2 aromatic carbocycles. The van der Waals surface area contributed by atoms with Gasteiger partial charge in [-0.2, -0.15) is 0 Å². The van der Waals surface area contributed by atoms with Gasteiger partial charge in [0.25, 0.3) is 5.69 Å². The molecule has 1 fully saturated rings. The Morgan fingerprint density at radius 1 is 1.09 bits per heavy atom. The molecule has 3 rings (SSSR count). The molecular formula is C17H19N3O3. The first-order chi connectivity index (χ1) is 11.0. The number of nitrogens with zero attached hydrogens (tertiary/aromatic N) is 3. The van der Waals surface area contributed by atoms with Gasteiger partial charge < -0.3 is 10.0 Å². The standard InChI is InChI=1S/C17H19N3O3/c1-18-12-5-13-19(15-6-3-2-4-7-15)17(18,21)14-8-10-16(11-9-14)20(22)23/h2-4,6-11,21H,5,12-13H2,1H3. The molecule has 6 nitrogen and oxygen atoms in total. The average molecular weight is 313 g/mol. The summed E-state index contributed by atoms with van der Waals surface area (Å²) in [5, 5.41) is 22.3. The fourth-order valence-corrected chi connectivity index (χ4v) is 3.08. The van der Waals surface area contributed by atoms with Crippen LogP contribution in [-0.4, -0.2) is 35.1 Å². The van der Waals surface area contributed by atoms with Crippen LogP contribution in [0.3, 0.4) is 0 Å². The summed E-state index contributed by atoms with van der Waals surface area (Å²) < 4.78 is 0. The van der Waals surface area contributed by atoms with Crippen molar-refractivity contribution in [1.29, 1.82) is 0 Å². The van der Waals surface area contributed by atoms with Crippen LogP contribution in [0.1, 0.15) is 12.0 Å². The first-order valence-electron chi connectivity index (χ1n) is 7.54. The molecule has 0 saturated carbocycles. The SMILES string of the molecule is CN1CCCN(c2ccccc2)C1(O)c1ccc([N+](=O)[O-])cc1. The van der Waals surface area contributed by atoms with Gasteiger partial charge in [-0.05, 0) is 37.7 Å². The first kappa shape index (κ1) is 15.5. The Balaban J connectivity index is 2.04. The molecule has 0 bridgehead atoms. The fraction of sp³-hybridized carbons (Fsp3) is 0.294. The Morgan fingerprint density at radius 2 is 1.74 bits per heavy atom. The predicted molar refractivity (Wildman–Crippen MR) is 88.0 cm³/mol. The zero-order valence-corrected chi connectivity index (χ0v) is 12.9. The molecule has 2 aromatic rings. The Morgan fingerprint density at radius 3 is 2.35 bits per heavy atom. The van der Waals surface area contributed by atoms with Crippen LogP contribution >= 0.6 is 0 Å². The second-order valence-electron chi connectivity index (χ2n) is 5.70. The number of nitro benzene ring substituents is 1. The fourth-order valence-electron chi connectivity index (χ4n) is 3.08. The van der Waals surface area contributed by atoms with Gasteiger partial charge in [0.1, 0.15) is 0 Å². The Labute approximate surface area is 134 Å². The second-order valence-corrected chi connectivity index (χ2v) is 5.70. The highest BCUT2D eigenvalue weighted by Gasteiger charge is 2.43. The van der Waals surface area contributed by atoms with Gasteiger partial charge >= 0.3 is 0 Å². The molecule has 1 N–H and O–H groups in total. The normalized spacial score (nSPS) is 22.1. The molecule has 1 saturated heterocycles. The summed E-state index contributed by atoms with van der Waals surface area (Å²) in [6, 6.07) is 15.8. The third-order valence-corrected chi connectivity index (χ3v) is 4.32. The number of non-ortho nitro benzene ring substituents is 1. The number of aliphatic hydroxyl groups is 1. The Kier molecular flexibility index (Phi) is 4.02. The molecule has 0 aromatic heterocycles. The topological polar surface area (TPSA) is 69.8 Å². The summed E-state index contributed by atoms with van der Waals surface area (Å²) in [5.41, 5.74) is 1.55. The van der Waals surface area contributed by atoms with Crippen molar-refractivity contribution in [2.45, 2.75) is 12.3 Å². The third-order valence-electron chi connectivity index (χ3n) is 4.32. The lowest BCUT2D eigenvalue weighted by molar-refractivity contribution is -0.384. The maximum atomic E-state index is 11.4. The predicted octanol–water partition coefficient (Wildman–Crippen LogP) is 2.54. The lowest BCUT2D eigenvalue weighted by Gasteiger charge is -2.50. The number of hydrogen-bond acceptors (Lipinski definition) is 5. The molecular weight excluding hydrogens is 294 g/mol. The minimum atomic E-state index is -1.32. The smallest absolute Gasteiger partial charge is 0.269 e. The summed E-state index contributed by atoms with van der Waals surface area (Å²) in [6.07, 6.45) is 0.931. The van der Waals surface area contributed by atoms with Crippen LogP contribution < -0.4 is 4.90 Å². The van der Waals surface area contributed by atoms with E-state index in [-0.39, 0.29) is 5.69 Å². The van der Waals surface area contributed by atoms with Gasteiger partial charge in [0, 0.05) is 36.5 Å². The molecule has 0 spiro atoms. The van der Waals surface area contributed by atoms with Crippen LogP contribution in [-0.2, 0) is 5.85 Å². The lowest BCUT2D eigenvalue weighted by Crippen LogP contribution is -2.61. The molecule has 0 radical (unpaired) electrons. The van der Waals surface area contributed by atoms with Gasteiger partial charge in [0.2, 0.25) is 5.85 Å². The largest absolute Gasteiger partial charge is 0.355 e.